The van der Waals surface area contributed by atoms with E-state index in [1.807, 2.05) is 0 Å². The highest BCUT2D eigenvalue weighted by atomic mass is 19.2. The first-order valence-electron chi connectivity index (χ1n) is 4.82. The summed E-state index contributed by atoms with van der Waals surface area (Å²) < 4.78 is 38.8. The zero-order valence-corrected chi connectivity index (χ0v) is 8.62. The highest BCUT2D eigenvalue weighted by Crippen LogP contribution is 2.19. The van der Waals surface area contributed by atoms with Crippen LogP contribution in [0.3, 0.4) is 0 Å². The minimum atomic E-state index is -1.50. The van der Waals surface area contributed by atoms with Gasteiger partial charge in [0.2, 0.25) is 0 Å². The lowest BCUT2D eigenvalue weighted by molar-refractivity contribution is 0.449. The molecule has 88 valence electrons. The number of hydrogen-bond acceptors (Lipinski definition) is 3. The molecule has 0 amide bonds. The first-order valence-corrected chi connectivity index (χ1v) is 4.82. The topological polar surface area (TPSA) is 37.8 Å². The molecule has 0 saturated carbocycles. The molecule has 0 aliphatic rings. The summed E-state index contributed by atoms with van der Waals surface area (Å²) in [6.07, 6.45) is 3.07. The fourth-order valence-electron chi connectivity index (χ4n) is 1.26. The van der Waals surface area contributed by atoms with Crippen molar-refractivity contribution in [2.24, 2.45) is 0 Å². The molecule has 3 nitrogen and oxygen atoms in total. The quantitative estimate of drug-likeness (QED) is 0.836. The third-order valence-corrected chi connectivity index (χ3v) is 2.09. The van der Waals surface area contributed by atoms with Gasteiger partial charge in [0, 0.05) is 12.4 Å². The first kappa shape index (κ1) is 11.4. The van der Waals surface area contributed by atoms with Gasteiger partial charge in [-0.3, -0.25) is 0 Å². The summed E-state index contributed by atoms with van der Waals surface area (Å²) in [7, 11) is 0. The molecule has 6 heteroatoms. The molecule has 2 rings (SSSR count). The van der Waals surface area contributed by atoms with Gasteiger partial charge in [0.05, 0.1) is 12.2 Å². The number of nitrogens with zero attached hydrogens (tertiary/aromatic N) is 2. The van der Waals surface area contributed by atoms with E-state index in [0.29, 0.717) is 5.82 Å². The van der Waals surface area contributed by atoms with Gasteiger partial charge >= 0.3 is 0 Å². The maximum absolute atomic E-state index is 13.2. The smallest absolute Gasteiger partial charge is 0.196 e. The summed E-state index contributed by atoms with van der Waals surface area (Å²) in [5.74, 6) is -3.54. The van der Waals surface area contributed by atoms with Crippen LogP contribution in [0, 0.1) is 17.5 Å². The van der Waals surface area contributed by atoms with Crippen LogP contribution in [0.2, 0.25) is 0 Å². The van der Waals surface area contributed by atoms with Gasteiger partial charge in [-0.2, -0.15) is 0 Å². The van der Waals surface area contributed by atoms with E-state index in [1.165, 1.54) is 12.4 Å². The van der Waals surface area contributed by atoms with Gasteiger partial charge in [-0.25, -0.2) is 23.1 Å². The molecule has 0 radical (unpaired) electrons. The van der Waals surface area contributed by atoms with Gasteiger partial charge in [0.15, 0.2) is 17.5 Å². The van der Waals surface area contributed by atoms with Gasteiger partial charge in [0.25, 0.3) is 0 Å². The molecule has 1 heterocycles. The number of aromatic nitrogens is 2. The molecule has 0 bridgehead atoms. The molecule has 17 heavy (non-hydrogen) atoms. The fourth-order valence-corrected chi connectivity index (χ4v) is 1.26. The SMILES string of the molecule is Fc1ccc(NCc2ncccn2)c(F)c1F. The Hall–Kier alpha value is -2.11. The molecule has 1 aromatic carbocycles. The minimum Gasteiger partial charge on any atom is -0.375 e. The van der Waals surface area contributed by atoms with Crippen LogP contribution in [0.15, 0.2) is 30.6 Å². The molecule has 0 fully saturated rings. The van der Waals surface area contributed by atoms with Crippen molar-refractivity contribution in [2.75, 3.05) is 5.32 Å². The van der Waals surface area contributed by atoms with Crippen LogP contribution >= 0.6 is 0 Å². The van der Waals surface area contributed by atoms with Gasteiger partial charge in [-0.05, 0) is 18.2 Å². The molecule has 0 aliphatic carbocycles. The second kappa shape index (κ2) is 4.82. The molecule has 0 aliphatic heterocycles. The second-order valence-corrected chi connectivity index (χ2v) is 3.24. The maximum atomic E-state index is 13.2. The lowest BCUT2D eigenvalue weighted by Gasteiger charge is -2.07. The van der Waals surface area contributed by atoms with E-state index < -0.39 is 17.5 Å². The van der Waals surface area contributed by atoms with Crippen LogP contribution in [-0.4, -0.2) is 9.97 Å². The Morgan fingerprint density at radius 3 is 2.41 bits per heavy atom. The van der Waals surface area contributed by atoms with Gasteiger partial charge in [0.1, 0.15) is 5.82 Å². The highest BCUT2D eigenvalue weighted by Gasteiger charge is 2.12. The number of hydrogen-bond donors (Lipinski definition) is 1. The Labute approximate surface area is 95.3 Å². The molecule has 0 atom stereocenters. The largest absolute Gasteiger partial charge is 0.375 e. The lowest BCUT2D eigenvalue weighted by atomic mass is 10.3. The lowest BCUT2D eigenvalue weighted by Crippen LogP contribution is -2.06. The van der Waals surface area contributed by atoms with E-state index in [2.05, 4.69) is 15.3 Å². The highest BCUT2D eigenvalue weighted by molar-refractivity contribution is 5.45. The molecular formula is C11H8F3N3. The van der Waals surface area contributed by atoms with E-state index in [4.69, 9.17) is 0 Å². The third kappa shape index (κ3) is 2.52. The van der Waals surface area contributed by atoms with E-state index in [0.717, 1.165) is 12.1 Å². The molecule has 2 aromatic rings. The van der Waals surface area contributed by atoms with Crippen LogP contribution in [0.5, 0.6) is 0 Å². The van der Waals surface area contributed by atoms with Crippen molar-refractivity contribution in [3.05, 3.63) is 53.9 Å². The van der Waals surface area contributed by atoms with Crippen LogP contribution in [-0.2, 0) is 6.54 Å². The average molecular weight is 239 g/mol. The summed E-state index contributed by atoms with van der Waals surface area (Å²) in [6, 6.07) is 3.62. The molecule has 1 N–H and O–H groups in total. The Bertz CT molecular complexity index is 517. The summed E-state index contributed by atoms with van der Waals surface area (Å²) in [5, 5.41) is 2.59. The summed E-state index contributed by atoms with van der Waals surface area (Å²) in [4.78, 5) is 7.80. The van der Waals surface area contributed by atoms with Crippen molar-refractivity contribution in [3.8, 4) is 0 Å². The van der Waals surface area contributed by atoms with Gasteiger partial charge in [-0.15, -0.1) is 0 Å². The summed E-state index contributed by atoms with van der Waals surface area (Å²) >= 11 is 0. The predicted molar refractivity (Wildman–Crippen MR) is 55.7 cm³/mol. The van der Waals surface area contributed by atoms with Crippen molar-refractivity contribution < 1.29 is 13.2 Å². The van der Waals surface area contributed by atoms with Crippen LogP contribution in [0.4, 0.5) is 18.9 Å². The Morgan fingerprint density at radius 1 is 1.00 bits per heavy atom. The first-order chi connectivity index (χ1) is 8.18. The minimum absolute atomic E-state index is 0.128. The third-order valence-electron chi connectivity index (χ3n) is 2.09. The number of benzene rings is 1. The van der Waals surface area contributed by atoms with Crippen molar-refractivity contribution in [3.63, 3.8) is 0 Å². The molecular weight excluding hydrogens is 231 g/mol. The second-order valence-electron chi connectivity index (χ2n) is 3.24. The molecule has 0 spiro atoms. The van der Waals surface area contributed by atoms with Crippen LogP contribution in [0.25, 0.3) is 0 Å². The van der Waals surface area contributed by atoms with Crippen LogP contribution in [0.1, 0.15) is 5.82 Å². The maximum Gasteiger partial charge on any atom is 0.196 e. The van der Waals surface area contributed by atoms with E-state index in [1.54, 1.807) is 6.07 Å². The summed E-state index contributed by atoms with van der Waals surface area (Å²) in [5.41, 5.74) is -0.128. The van der Waals surface area contributed by atoms with E-state index in [-0.39, 0.29) is 12.2 Å². The van der Waals surface area contributed by atoms with Crippen molar-refractivity contribution in [2.45, 2.75) is 6.54 Å². The van der Waals surface area contributed by atoms with E-state index >= 15 is 0 Å². The monoisotopic (exact) mass is 239 g/mol. The number of halogens is 3. The standard InChI is InChI=1S/C11H8F3N3/c12-7-2-3-8(11(14)10(7)13)17-6-9-15-4-1-5-16-9/h1-5,17H,6H2. The number of anilines is 1. The Kier molecular flexibility index (Phi) is 3.22. The van der Waals surface area contributed by atoms with Crippen molar-refractivity contribution in [1.82, 2.24) is 9.97 Å². The zero-order chi connectivity index (χ0) is 12.3. The predicted octanol–water partition coefficient (Wildman–Crippen LogP) is 2.51. The zero-order valence-electron chi connectivity index (χ0n) is 8.62. The fraction of sp³-hybridized carbons (Fsp3) is 0.0909. The van der Waals surface area contributed by atoms with Crippen molar-refractivity contribution in [1.29, 1.82) is 0 Å². The summed E-state index contributed by atoms with van der Waals surface area (Å²) in [6.45, 7) is 0.128. The average Bonchev–Trinajstić information content (AvgIpc) is 2.36. The number of rotatable bonds is 3. The molecule has 1 aromatic heterocycles. The number of nitrogens with one attached hydrogen (secondary N) is 1. The Balaban J connectivity index is 2.13. The normalized spacial score (nSPS) is 10.3. The van der Waals surface area contributed by atoms with E-state index in [9.17, 15) is 13.2 Å². The van der Waals surface area contributed by atoms with Gasteiger partial charge in [-0.1, -0.05) is 0 Å². The van der Waals surface area contributed by atoms with Crippen molar-refractivity contribution >= 4 is 5.69 Å². The van der Waals surface area contributed by atoms with Crippen LogP contribution < -0.4 is 5.32 Å². The van der Waals surface area contributed by atoms with Gasteiger partial charge < -0.3 is 5.32 Å². The Morgan fingerprint density at radius 2 is 1.71 bits per heavy atom. The molecule has 0 unspecified atom stereocenters. The molecule has 0 saturated heterocycles.